The predicted octanol–water partition coefficient (Wildman–Crippen LogP) is 4.20. The van der Waals surface area contributed by atoms with Gasteiger partial charge >= 0.3 is 6.03 Å². The molecule has 1 saturated heterocycles. The van der Waals surface area contributed by atoms with Crippen molar-refractivity contribution in [3.8, 4) is 17.2 Å². The smallest absolute Gasteiger partial charge is 0.323 e. The summed E-state index contributed by atoms with van der Waals surface area (Å²) < 4.78 is 18.2. The second-order valence-electron chi connectivity index (χ2n) is 12.4. The third kappa shape index (κ3) is 7.86. The van der Waals surface area contributed by atoms with Crippen LogP contribution in [0.3, 0.4) is 0 Å². The molecule has 4 aromatic rings. The predicted molar refractivity (Wildman–Crippen MR) is 182 cm³/mol. The number of pyridine rings is 1. The summed E-state index contributed by atoms with van der Waals surface area (Å²) in [5, 5.41) is 20.5. The molecule has 6 rings (SSSR count). The zero-order chi connectivity index (χ0) is 33.0. The fourth-order valence-corrected chi connectivity index (χ4v) is 6.91. The van der Waals surface area contributed by atoms with Crippen molar-refractivity contribution in [3.63, 3.8) is 0 Å². The van der Waals surface area contributed by atoms with Crippen molar-refractivity contribution in [2.24, 2.45) is 11.4 Å². The minimum Gasteiger partial charge on any atom is -0.351 e. The molecular weight excluding hydrogens is 615 g/mol. The van der Waals surface area contributed by atoms with E-state index in [2.05, 4.69) is 36.1 Å². The Bertz CT molecular complexity index is 1860. The monoisotopic (exact) mass is 653 g/mol. The highest BCUT2D eigenvalue weighted by atomic mass is 32.2. The fourth-order valence-electron chi connectivity index (χ4n) is 6.06. The largest absolute Gasteiger partial charge is 0.351 e. The summed E-state index contributed by atoms with van der Waals surface area (Å²) in [6.45, 7) is 1.55. The molecule has 0 atom stereocenters. The summed E-state index contributed by atoms with van der Waals surface area (Å²) in [7, 11) is -0.319. The topological polar surface area (TPSA) is 157 Å². The minimum absolute atomic E-state index is 0.0421. The molecule has 47 heavy (non-hydrogen) atoms. The first kappa shape index (κ1) is 31.9. The van der Waals surface area contributed by atoms with Gasteiger partial charge in [0.05, 0.1) is 18.4 Å². The van der Waals surface area contributed by atoms with Crippen LogP contribution in [0.2, 0.25) is 0 Å². The average Bonchev–Trinajstić information content (AvgIpc) is 3.49. The van der Waals surface area contributed by atoms with Gasteiger partial charge in [-0.2, -0.15) is 15.3 Å². The highest BCUT2D eigenvalue weighted by Crippen LogP contribution is 2.31. The van der Waals surface area contributed by atoms with E-state index in [4.69, 9.17) is 4.98 Å². The molecule has 2 aliphatic rings. The molecule has 2 N–H and O–H groups in total. The van der Waals surface area contributed by atoms with Gasteiger partial charge in [0.25, 0.3) is 0 Å². The number of hydrogen-bond acceptors (Lipinski definition) is 10. The molecule has 13 nitrogen and oxygen atoms in total. The lowest BCUT2D eigenvalue weighted by Crippen LogP contribution is -2.51. The summed E-state index contributed by atoms with van der Waals surface area (Å²) >= 11 is 0. The van der Waals surface area contributed by atoms with E-state index in [1.165, 1.54) is 0 Å². The van der Waals surface area contributed by atoms with Crippen LogP contribution < -0.4 is 20.4 Å². The quantitative estimate of drug-likeness (QED) is 0.270. The van der Waals surface area contributed by atoms with Crippen LogP contribution in [0, 0.1) is 11.3 Å². The SMILES string of the molecule is Cn1cc(-c2ccc(N(C(=O)NCc3ccccc3)C3CCC(Nc4ncc(C#N)c(N5CC(N=S(C)(C)=O)C5)n4)CC3)nc2)cn1. The average molecular weight is 654 g/mol. The molecular formula is C33H39N11O2S. The van der Waals surface area contributed by atoms with Gasteiger partial charge in [0.1, 0.15) is 17.5 Å². The highest BCUT2D eigenvalue weighted by Gasteiger charge is 2.33. The van der Waals surface area contributed by atoms with Crippen LogP contribution in [-0.2, 0) is 23.3 Å². The van der Waals surface area contributed by atoms with Gasteiger partial charge in [-0.1, -0.05) is 30.3 Å². The summed E-state index contributed by atoms with van der Waals surface area (Å²) in [4.78, 5) is 31.3. The number of urea groups is 1. The first-order valence-corrected chi connectivity index (χ1v) is 18.0. The maximum atomic E-state index is 13.7. The molecule has 0 spiro atoms. The van der Waals surface area contributed by atoms with E-state index in [0.717, 1.165) is 42.4 Å². The number of amides is 2. The van der Waals surface area contributed by atoms with Crippen molar-refractivity contribution in [2.45, 2.75) is 50.4 Å². The van der Waals surface area contributed by atoms with Gasteiger partial charge in [-0.15, -0.1) is 0 Å². The number of carbonyl (C=O) groups excluding carboxylic acids is 1. The van der Waals surface area contributed by atoms with Crippen LogP contribution in [0.1, 0.15) is 36.8 Å². The van der Waals surface area contributed by atoms with Crippen LogP contribution in [0.4, 0.5) is 22.4 Å². The lowest BCUT2D eigenvalue weighted by Gasteiger charge is -2.38. The number of hydrogen-bond donors (Lipinski definition) is 2. The van der Waals surface area contributed by atoms with Crippen molar-refractivity contribution in [2.75, 3.05) is 40.7 Å². The van der Waals surface area contributed by atoms with Gasteiger partial charge in [-0.25, -0.2) is 19.1 Å². The summed E-state index contributed by atoms with van der Waals surface area (Å²) in [5.74, 6) is 1.62. The molecule has 0 radical (unpaired) electrons. The van der Waals surface area contributed by atoms with E-state index in [9.17, 15) is 14.3 Å². The van der Waals surface area contributed by atoms with Crippen LogP contribution in [0.5, 0.6) is 0 Å². The van der Waals surface area contributed by atoms with E-state index >= 15 is 0 Å². The Labute approximate surface area is 275 Å². The first-order valence-electron chi connectivity index (χ1n) is 15.7. The Kier molecular flexibility index (Phi) is 9.35. The van der Waals surface area contributed by atoms with Gasteiger partial charge in [0.15, 0.2) is 5.82 Å². The molecule has 244 valence electrons. The van der Waals surface area contributed by atoms with Crippen molar-refractivity contribution >= 4 is 33.3 Å². The number of nitrogens with one attached hydrogen (secondary N) is 2. The van der Waals surface area contributed by atoms with Gasteiger partial charge in [-0.3, -0.25) is 13.8 Å². The summed E-state index contributed by atoms with van der Waals surface area (Å²) in [6.07, 6.45) is 13.4. The van der Waals surface area contributed by atoms with Crippen molar-refractivity contribution in [3.05, 3.63) is 78.4 Å². The molecule has 4 heterocycles. The molecule has 3 aromatic heterocycles. The summed E-state index contributed by atoms with van der Waals surface area (Å²) in [6, 6.07) is 15.7. The van der Waals surface area contributed by atoms with Gasteiger partial charge in [-0.05, 0) is 43.4 Å². The second kappa shape index (κ2) is 13.8. The van der Waals surface area contributed by atoms with E-state index in [1.54, 1.807) is 40.7 Å². The lowest BCUT2D eigenvalue weighted by atomic mass is 9.90. The number of rotatable bonds is 9. The van der Waals surface area contributed by atoms with Crippen LogP contribution in [0.25, 0.3) is 11.1 Å². The number of carbonyl (C=O) groups is 1. The van der Waals surface area contributed by atoms with Crippen molar-refractivity contribution < 1.29 is 9.00 Å². The Morgan fingerprint density at radius 2 is 1.81 bits per heavy atom. The number of aryl methyl sites for hydroxylation is 1. The Morgan fingerprint density at radius 3 is 2.45 bits per heavy atom. The molecule has 0 unspecified atom stereocenters. The molecule has 1 aromatic carbocycles. The molecule has 1 aliphatic heterocycles. The van der Waals surface area contributed by atoms with Crippen LogP contribution in [0.15, 0.2) is 71.6 Å². The minimum atomic E-state index is -2.19. The Morgan fingerprint density at radius 1 is 1.04 bits per heavy atom. The Balaban J connectivity index is 1.13. The number of nitrogens with zero attached hydrogens (tertiary/aromatic N) is 9. The molecule has 1 aliphatic carbocycles. The van der Waals surface area contributed by atoms with Gasteiger partial charge < -0.3 is 15.5 Å². The first-order chi connectivity index (χ1) is 22.6. The van der Waals surface area contributed by atoms with Crippen LogP contribution in [-0.4, -0.2) is 78.7 Å². The normalized spacial score (nSPS) is 18.1. The third-order valence-corrected chi connectivity index (χ3v) is 9.19. The third-order valence-electron chi connectivity index (χ3n) is 8.39. The van der Waals surface area contributed by atoms with Gasteiger partial charge in [0, 0.05) is 84.5 Å². The highest BCUT2D eigenvalue weighted by molar-refractivity contribution is 7.92. The lowest BCUT2D eigenvalue weighted by molar-refractivity contribution is 0.240. The van der Waals surface area contributed by atoms with E-state index in [0.29, 0.717) is 42.8 Å². The van der Waals surface area contributed by atoms with E-state index < -0.39 is 9.73 Å². The van der Waals surface area contributed by atoms with Crippen molar-refractivity contribution in [1.29, 1.82) is 5.26 Å². The molecule has 2 fully saturated rings. The fraction of sp³-hybridized carbons (Fsp3) is 0.394. The van der Waals surface area contributed by atoms with Crippen LogP contribution >= 0.6 is 0 Å². The maximum absolute atomic E-state index is 13.7. The second-order valence-corrected chi connectivity index (χ2v) is 14.9. The number of anilines is 3. The molecule has 2 amide bonds. The van der Waals surface area contributed by atoms with E-state index in [-0.39, 0.29) is 24.2 Å². The van der Waals surface area contributed by atoms with E-state index in [1.807, 2.05) is 60.6 Å². The Hall–Kier alpha value is -5.03. The zero-order valence-corrected chi connectivity index (χ0v) is 27.6. The maximum Gasteiger partial charge on any atom is 0.323 e. The zero-order valence-electron chi connectivity index (χ0n) is 26.8. The number of nitriles is 1. The van der Waals surface area contributed by atoms with Crippen molar-refractivity contribution in [1.82, 2.24) is 30.0 Å². The summed E-state index contributed by atoms with van der Waals surface area (Å²) in [5.41, 5.74) is 3.31. The molecule has 1 saturated carbocycles. The number of benzene rings is 1. The van der Waals surface area contributed by atoms with Gasteiger partial charge in [0.2, 0.25) is 5.95 Å². The number of aromatic nitrogens is 5. The standard InChI is InChI=1S/C33H39N11O2S/c1-42-20-26(19-38-42)24-9-14-30(35-17-24)44(33(45)37-16-23-7-5-4-6-8-23)29-12-10-27(11-13-29)39-32-36-18-25(15-34)31(40-32)43-21-28(22-43)41-47(2,3)46/h4-9,14,17-20,27-29H,10-13,16,21-22H2,1-3H3,(H,37,45)(H,36,39,40). The molecule has 14 heteroatoms. The molecule has 0 bridgehead atoms.